The monoisotopic (exact) mass is 407 g/mol. The molecule has 6 heteroatoms. The molecule has 1 saturated carbocycles. The summed E-state index contributed by atoms with van der Waals surface area (Å²) in [6, 6.07) is 15.5. The molecule has 1 fully saturated rings. The van der Waals surface area contributed by atoms with Gasteiger partial charge in [0.25, 0.3) is 5.56 Å². The first kappa shape index (κ1) is 19.7. The van der Waals surface area contributed by atoms with Gasteiger partial charge in [-0.2, -0.15) is 0 Å². The number of thioether (sulfide) groups is 1. The van der Waals surface area contributed by atoms with Crippen LogP contribution >= 0.6 is 11.8 Å². The summed E-state index contributed by atoms with van der Waals surface area (Å²) in [5.74, 6) is 0.351. The van der Waals surface area contributed by atoms with Crippen molar-refractivity contribution < 1.29 is 4.79 Å². The molecule has 1 aliphatic rings. The van der Waals surface area contributed by atoms with Crippen LogP contribution in [0.5, 0.6) is 0 Å². The number of benzene rings is 2. The van der Waals surface area contributed by atoms with E-state index in [1.165, 1.54) is 17.3 Å². The molecule has 0 bridgehead atoms. The van der Waals surface area contributed by atoms with Gasteiger partial charge in [0.15, 0.2) is 5.16 Å². The van der Waals surface area contributed by atoms with Crippen LogP contribution < -0.4 is 10.9 Å². The number of aromatic nitrogens is 2. The van der Waals surface area contributed by atoms with Crippen LogP contribution in [0, 0.1) is 0 Å². The third kappa shape index (κ3) is 4.22. The van der Waals surface area contributed by atoms with E-state index in [1.54, 1.807) is 4.57 Å². The lowest BCUT2D eigenvalue weighted by atomic mass is 10.0. The van der Waals surface area contributed by atoms with E-state index in [2.05, 4.69) is 19.2 Å². The first-order chi connectivity index (χ1) is 13.9. The van der Waals surface area contributed by atoms with Crippen molar-refractivity contribution in [1.29, 1.82) is 0 Å². The lowest BCUT2D eigenvalue weighted by Gasteiger charge is -2.16. The van der Waals surface area contributed by atoms with E-state index in [9.17, 15) is 9.59 Å². The second-order valence-electron chi connectivity index (χ2n) is 7.84. The topological polar surface area (TPSA) is 64.0 Å². The molecule has 5 nitrogen and oxygen atoms in total. The minimum atomic E-state index is -0.377. The molecule has 0 aliphatic heterocycles. The van der Waals surface area contributed by atoms with Gasteiger partial charge in [-0.15, -0.1) is 0 Å². The molecule has 0 radical (unpaired) electrons. The van der Waals surface area contributed by atoms with E-state index >= 15 is 0 Å². The Kier molecular flexibility index (Phi) is 5.46. The molecule has 2 aromatic carbocycles. The number of nitrogens with one attached hydrogen (secondary N) is 1. The molecule has 3 aromatic rings. The second-order valence-corrected chi connectivity index (χ2v) is 9.15. The zero-order chi connectivity index (χ0) is 20.5. The van der Waals surface area contributed by atoms with Gasteiger partial charge in [-0.25, -0.2) is 4.98 Å². The smallest absolute Gasteiger partial charge is 0.262 e. The average molecular weight is 408 g/mol. The molecular weight excluding hydrogens is 382 g/mol. The average Bonchev–Trinajstić information content (AvgIpc) is 3.53. The Morgan fingerprint density at radius 3 is 2.45 bits per heavy atom. The van der Waals surface area contributed by atoms with Crippen LogP contribution in [-0.2, 0) is 4.79 Å². The van der Waals surface area contributed by atoms with Crippen molar-refractivity contribution in [3.8, 4) is 0 Å². The Labute approximate surface area is 174 Å². The number of nitrogens with zero attached hydrogens (tertiary/aromatic N) is 2. The van der Waals surface area contributed by atoms with Gasteiger partial charge < -0.3 is 5.32 Å². The summed E-state index contributed by atoms with van der Waals surface area (Å²) >= 11 is 1.34. The van der Waals surface area contributed by atoms with Gasteiger partial charge in [-0.1, -0.05) is 49.9 Å². The molecule has 1 unspecified atom stereocenters. The van der Waals surface area contributed by atoms with Gasteiger partial charge in [0.05, 0.1) is 16.2 Å². The third-order valence-corrected chi connectivity index (χ3v) is 6.25. The summed E-state index contributed by atoms with van der Waals surface area (Å²) in [5.41, 5.74) is 2.67. The van der Waals surface area contributed by atoms with Gasteiger partial charge in [0, 0.05) is 11.7 Å². The number of carbonyl (C=O) groups is 1. The second kappa shape index (κ2) is 8.03. The summed E-state index contributed by atoms with van der Waals surface area (Å²) in [7, 11) is 0. The highest BCUT2D eigenvalue weighted by atomic mass is 32.2. The Balaban J connectivity index is 1.55. The zero-order valence-corrected chi connectivity index (χ0v) is 17.7. The minimum Gasteiger partial charge on any atom is -0.325 e. The van der Waals surface area contributed by atoms with E-state index in [-0.39, 0.29) is 22.8 Å². The lowest BCUT2D eigenvalue weighted by Crippen LogP contribution is -2.26. The maximum atomic E-state index is 13.0. The molecule has 4 rings (SSSR count). The molecule has 1 amide bonds. The van der Waals surface area contributed by atoms with E-state index in [0.29, 0.717) is 22.0 Å². The number of fused-ring (bicyclic) bond motifs is 1. The van der Waals surface area contributed by atoms with Crippen molar-refractivity contribution in [2.75, 3.05) is 5.32 Å². The number of rotatable bonds is 6. The van der Waals surface area contributed by atoms with Crippen LogP contribution in [0.25, 0.3) is 10.9 Å². The molecule has 1 atom stereocenters. The Morgan fingerprint density at radius 2 is 1.79 bits per heavy atom. The first-order valence-electron chi connectivity index (χ1n) is 10.0. The molecule has 1 N–H and O–H groups in total. The number of hydrogen-bond donors (Lipinski definition) is 1. The predicted molar refractivity (Wildman–Crippen MR) is 119 cm³/mol. The minimum absolute atomic E-state index is 0.0162. The molecule has 29 heavy (non-hydrogen) atoms. The quantitative estimate of drug-likeness (QED) is 0.463. The molecular formula is C23H25N3O2S. The van der Waals surface area contributed by atoms with Crippen LogP contribution in [0.15, 0.2) is 58.5 Å². The molecule has 150 valence electrons. The normalized spacial score (nSPS) is 14.9. The van der Waals surface area contributed by atoms with E-state index in [0.717, 1.165) is 18.5 Å². The Morgan fingerprint density at radius 1 is 1.10 bits per heavy atom. The number of anilines is 1. The molecule has 0 spiro atoms. The highest BCUT2D eigenvalue weighted by Crippen LogP contribution is 2.37. The zero-order valence-electron chi connectivity index (χ0n) is 16.9. The molecule has 1 aliphatic carbocycles. The number of hydrogen-bond acceptors (Lipinski definition) is 4. The third-order valence-electron chi connectivity index (χ3n) is 5.18. The van der Waals surface area contributed by atoms with Gasteiger partial charge in [-0.3, -0.25) is 14.2 Å². The Bertz CT molecular complexity index is 1100. The summed E-state index contributed by atoms with van der Waals surface area (Å²) in [5, 5.41) is 3.84. The standard InChI is InChI=1S/C23H25N3O2S/c1-14(2)16-8-10-17(11-9-16)24-21(27)15(3)29-23-25-20-7-5-4-6-19(20)22(28)26(23)18-12-13-18/h4-11,14-15,18H,12-13H2,1-3H3,(H,24,27). The SMILES string of the molecule is CC(Sc1nc2ccccc2c(=O)n1C1CC1)C(=O)Nc1ccc(C(C)C)cc1. The maximum absolute atomic E-state index is 13.0. The van der Waals surface area contributed by atoms with Gasteiger partial charge in [-0.05, 0) is 55.5 Å². The molecule has 0 saturated heterocycles. The Hall–Kier alpha value is -2.60. The summed E-state index contributed by atoms with van der Waals surface area (Å²) < 4.78 is 1.77. The van der Waals surface area contributed by atoms with Crippen molar-refractivity contribution in [3.05, 3.63) is 64.4 Å². The molecule has 1 heterocycles. The van der Waals surface area contributed by atoms with Crippen LogP contribution in [0.2, 0.25) is 0 Å². The van der Waals surface area contributed by atoms with Crippen LogP contribution in [0.4, 0.5) is 5.69 Å². The number of para-hydroxylation sites is 1. The summed E-state index contributed by atoms with van der Waals surface area (Å²) in [6.07, 6.45) is 1.96. The van der Waals surface area contributed by atoms with Crippen molar-refractivity contribution in [2.24, 2.45) is 0 Å². The van der Waals surface area contributed by atoms with Crippen LogP contribution in [0.1, 0.15) is 51.1 Å². The van der Waals surface area contributed by atoms with E-state index in [1.807, 2.05) is 55.5 Å². The highest BCUT2D eigenvalue weighted by Gasteiger charge is 2.30. The van der Waals surface area contributed by atoms with Crippen molar-refractivity contribution >= 4 is 34.3 Å². The van der Waals surface area contributed by atoms with Crippen LogP contribution in [0.3, 0.4) is 0 Å². The fraction of sp³-hybridized carbons (Fsp3) is 0.348. The van der Waals surface area contributed by atoms with Gasteiger partial charge >= 0.3 is 0 Å². The predicted octanol–water partition coefficient (Wildman–Crippen LogP) is 4.97. The van der Waals surface area contributed by atoms with Crippen LogP contribution in [-0.4, -0.2) is 20.7 Å². The largest absolute Gasteiger partial charge is 0.325 e. The van der Waals surface area contributed by atoms with Crippen molar-refractivity contribution in [3.63, 3.8) is 0 Å². The van der Waals surface area contributed by atoms with Gasteiger partial charge in [0.1, 0.15) is 0 Å². The fourth-order valence-corrected chi connectivity index (χ4v) is 4.25. The van der Waals surface area contributed by atoms with Crippen molar-refractivity contribution in [1.82, 2.24) is 9.55 Å². The maximum Gasteiger partial charge on any atom is 0.262 e. The molecule has 1 aromatic heterocycles. The summed E-state index contributed by atoms with van der Waals surface area (Å²) in [4.78, 5) is 30.4. The summed E-state index contributed by atoms with van der Waals surface area (Å²) in [6.45, 7) is 6.13. The van der Waals surface area contributed by atoms with Crippen molar-refractivity contribution in [2.45, 2.75) is 56.0 Å². The fourth-order valence-electron chi connectivity index (χ4n) is 3.27. The van der Waals surface area contributed by atoms with E-state index in [4.69, 9.17) is 4.98 Å². The lowest BCUT2D eigenvalue weighted by molar-refractivity contribution is -0.115. The van der Waals surface area contributed by atoms with E-state index < -0.39 is 0 Å². The number of amides is 1. The highest BCUT2D eigenvalue weighted by molar-refractivity contribution is 8.00. The number of carbonyl (C=O) groups excluding carboxylic acids is 1. The first-order valence-corrected chi connectivity index (χ1v) is 10.9. The van der Waals surface area contributed by atoms with Gasteiger partial charge in [0.2, 0.25) is 5.91 Å².